The number of benzene rings is 1. The minimum Gasteiger partial charge on any atom is -0.481 e. The number of hydrogen-bond acceptors (Lipinski definition) is 2. The SMILES string of the molecule is CN1C(=O)CCC(C(=O)O)C1c1c(F)cccc1F. The summed E-state index contributed by atoms with van der Waals surface area (Å²) in [5.74, 6) is -4.15. The molecule has 1 aliphatic rings. The number of nitrogens with zero attached hydrogens (tertiary/aromatic N) is 1. The van der Waals surface area contributed by atoms with Gasteiger partial charge in [0, 0.05) is 19.0 Å². The molecule has 19 heavy (non-hydrogen) atoms. The van der Waals surface area contributed by atoms with Crippen LogP contribution in [0.15, 0.2) is 18.2 Å². The number of carbonyl (C=O) groups is 2. The zero-order chi connectivity index (χ0) is 14.2. The van der Waals surface area contributed by atoms with Gasteiger partial charge < -0.3 is 10.0 Å². The van der Waals surface area contributed by atoms with Crippen LogP contribution < -0.4 is 0 Å². The normalized spacial score (nSPS) is 23.5. The summed E-state index contributed by atoms with van der Waals surface area (Å²) in [6, 6.07) is 2.21. The largest absolute Gasteiger partial charge is 0.481 e. The molecule has 0 bridgehead atoms. The van der Waals surface area contributed by atoms with Crippen molar-refractivity contribution in [3.63, 3.8) is 0 Å². The van der Waals surface area contributed by atoms with Crippen LogP contribution in [0, 0.1) is 17.6 Å². The molecule has 4 nitrogen and oxygen atoms in total. The molecule has 0 aliphatic carbocycles. The zero-order valence-electron chi connectivity index (χ0n) is 10.3. The number of hydrogen-bond donors (Lipinski definition) is 1. The second kappa shape index (κ2) is 4.95. The van der Waals surface area contributed by atoms with Crippen LogP contribution in [-0.2, 0) is 9.59 Å². The predicted molar refractivity (Wildman–Crippen MR) is 62.2 cm³/mol. The first kappa shape index (κ1) is 13.5. The molecule has 1 heterocycles. The van der Waals surface area contributed by atoms with Gasteiger partial charge in [0.15, 0.2) is 0 Å². The van der Waals surface area contributed by atoms with Gasteiger partial charge in [-0.25, -0.2) is 8.78 Å². The van der Waals surface area contributed by atoms with Crippen molar-refractivity contribution >= 4 is 11.9 Å². The molecule has 0 aromatic heterocycles. The molecule has 1 N–H and O–H groups in total. The van der Waals surface area contributed by atoms with Crippen LogP contribution in [0.2, 0.25) is 0 Å². The molecule has 1 fully saturated rings. The number of carboxylic acid groups (broad SMARTS) is 1. The van der Waals surface area contributed by atoms with E-state index in [1.165, 1.54) is 13.1 Å². The number of carbonyl (C=O) groups excluding carboxylic acids is 1. The van der Waals surface area contributed by atoms with Gasteiger partial charge in [-0.2, -0.15) is 0 Å². The molecule has 0 radical (unpaired) electrons. The first-order chi connectivity index (χ1) is 8.93. The van der Waals surface area contributed by atoms with Crippen molar-refractivity contribution in [3.05, 3.63) is 35.4 Å². The Morgan fingerprint density at radius 2 is 1.95 bits per heavy atom. The van der Waals surface area contributed by atoms with Crippen molar-refractivity contribution in [3.8, 4) is 0 Å². The number of piperidine rings is 1. The lowest BCUT2D eigenvalue weighted by Gasteiger charge is -2.37. The molecule has 1 aromatic carbocycles. The van der Waals surface area contributed by atoms with Crippen LogP contribution in [0.3, 0.4) is 0 Å². The van der Waals surface area contributed by atoms with Gasteiger partial charge in [0.1, 0.15) is 11.6 Å². The fourth-order valence-electron chi connectivity index (χ4n) is 2.48. The Morgan fingerprint density at radius 1 is 1.37 bits per heavy atom. The van der Waals surface area contributed by atoms with Crippen molar-refractivity contribution < 1.29 is 23.5 Å². The Bertz CT molecular complexity index is 512. The van der Waals surface area contributed by atoms with Crippen molar-refractivity contribution in [1.82, 2.24) is 4.90 Å². The molecule has 1 aromatic rings. The van der Waals surface area contributed by atoms with Gasteiger partial charge in [0.2, 0.25) is 5.91 Å². The van der Waals surface area contributed by atoms with Crippen molar-refractivity contribution in [2.24, 2.45) is 5.92 Å². The van der Waals surface area contributed by atoms with E-state index < -0.39 is 29.6 Å². The van der Waals surface area contributed by atoms with E-state index in [4.69, 9.17) is 0 Å². The lowest BCUT2D eigenvalue weighted by atomic mass is 9.84. The highest BCUT2D eigenvalue weighted by molar-refractivity contribution is 5.81. The van der Waals surface area contributed by atoms with E-state index in [1.54, 1.807) is 0 Å². The maximum atomic E-state index is 13.8. The van der Waals surface area contributed by atoms with Gasteiger partial charge in [0.25, 0.3) is 0 Å². The highest BCUT2D eigenvalue weighted by Crippen LogP contribution is 2.38. The van der Waals surface area contributed by atoms with Crippen LogP contribution in [0.4, 0.5) is 8.78 Å². The molecule has 1 amide bonds. The van der Waals surface area contributed by atoms with E-state index in [2.05, 4.69) is 0 Å². The van der Waals surface area contributed by atoms with E-state index in [-0.39, 0.29) is 24.3 Å². The zero-order valence-corrected chi connectivity index (χ0v) is 10.3. The van der Waals surface area contributed by atoms with Crippen LogP contribution in [0.5, 0.6) is 0 Å². The van der Waals surface area contributed by atoms with Gasteiger partial charge in [-0.15, -0.1) is 0 Å². The Morgan fingerprint density at radius 3 is 2.47 bits per heavy atom. The third kappa shape index (κ3) is 2.30. The summed E-state index contributed by atoms with van der Waals surface area (Å²) < 4.78 is 27.6. The third-order valence-corrected chi connectivity index (χ3v) is 3.47. The van der Waals surface area contributed by atoms with Crippen molar-refractivity contribution in [2.45, 2.75) is 18.9 Å². The maximum Gasteiger partial charge on any atom is 0.308 e. The second-order valence-electron chi connectivity index (χ2n) is 4.57. The molecule has 2 unspecified atom stereocenters. The Labute approximate surface area is 108 Å². The fraction of sp³-hybridized carbons (Fsp3) is 0.385. The van der Waals surface area contributed by atoms with Crippen LogP contribution >= 0.6 is 0 Å². The summed E-state index contributed by atoms with van der Waals surface area (Å²) in [4.78, 5) is 24.0. The number of rotatable bonds is 2. The summed E-state index contributed by atoms with van der Waals surface area (Å²) in [6.45, 7) is 0. The van der Waals surface area contributed by atoms with Gasteiger partial charge in [0.05, 0.1) is 12.0 Å². The third-order valence-electron chi connectivity index (χ3n) is 3.47. The molecule has 6 heteroatoms. The summed E-state index contributed by atoms with van der Waals surface area (Å²) in [5, 5.41) is 9.17. The molecule has 2 atom stereocenters. The Balaban J connectivity index is 2.53. The van der Waals surface area contributed by atoms with E-state index in [0.717, 1.165) is 17.0 Å². The van der Waals surface area contributed by atoms with Gasteiger partial charge in [-0.1, -0.05) is 6.07 Å². The number of likely N-dealkylation sites (tertiary alicyclic amines) is 1. The lowest BCUT2D eigenvalue weighted by molar-refractivity contribution is -0.151. The summed E-state index contributed by atoms with van der Waals surface area (Å²) in [5.41, 5.74) is -0.356. The van der Waals surface area contributed by atoms with E-state index >= 15 is 0 Å². The quantitative estimate of drug-likeness (QED) is 0.892. The number of aliphatic carboxylic acids is 1. The highest BCUT2D eigenvalue weighted by atomic mass is 19.1. The van der Waals surface area contributed by atoms with Crippen LogP contribution in [0.1, 0.15) is 24.4 Å². The molecule has 1 saturated heterocycles. The average Bonchev–Trinajstić information content (AvgIpc) is 2.33. The monoisotopic (exact) mass is 269 g/mol. The molecule has 0 saturated carbocycles. The Kier molecular flexibility index (Phi) is 3.50. The summed E-state index contributed by atoms with van der Waals surface area (Å²) >= 11 is 0. The molecule has 2 rings (SSSR count). The van der Waals surface area contributed by atoms with Gasteiger partial charge in [-0.3, -0.25) is 9.59 Å². The highest BCUT2D eigenvalue weighted by Gasteiger charge is 2.41. The molecular weight excluding hydrogens is 256 g/mol. The van der Waals surface area contributed by atoms with Crippen LogP contribution in [-0.4, -0.2) is 28.9 Å². The van der Waals surface area contributed by atoms with Gasteiger partial charge >= 0.3 is 5.97 Å². The number of halogens is 2. The molecule has 1 aliphatic heterocycles. The molecule has 0 spiro atoms. The van der Waals surface area contributed by atoms with Crippen LogP contribution in [0.25, 0.3) is 0 Å². The first-order valence-electron chi connectivity index (χ1n) is 5.86. The molecular formula is C13H13F2NO3. The standard InChI is InChI=1S/C13H13F2NO3/c1-16-10(17)6-5-7(13(18)19)12(16)11-8(14)3-2-4-9(11)15/h2-4,7,12H,5-6H2,1H3,(H,18,19). The van der Waals surface area contributed by atoms with E-state index in [1.807, 2.05) is 0 Å². The predicted octanol–water partition coefficient (Wildman–Crippen LogP) is 1.96. The smallest absolute Gasteiger partial charge is 0.308 e. The van der Waals surface area contributed by atoms with E-state index in [9.17, 15) is 23.5 Å². The number of amides is 1. The van der Waals surface area contributed by atoms with Crippen molar-refractivity contribution in [2.75, 3.05) is 7.05 Å². The summed E-state index contributed by atoms with van der Waals surface area (Å²) in [6.07, 6.45) is 0.150. The van der Waals surface area contributed by atoms with Crippen molar-refractivity contribution in [1.29, 1.82) is 0 Å². The summed E-state index contributed by atoms with van der Waals surface area (Å²) in [7, 11) is 1.37. The van der Waals surface area contributed by atoms with Gasteiger partial charge in [-0.05, 0) is 18.6 Å². The average molecular weight is 269 g/mol. The maximum absolute atomic E-state index is 13.8. The lowest BCUT2D eigenvalue weighted by Crippen LogP contribution is -2.43. The first-order valence-corrected chi connectivity index (χ1v) is 5.86. The number of carboxylic acids is 1. The topological polar surface area (TPSA) is 57.6 Å². The minimum absolute atomic E-state index is 0.0695. The fourth-order valence-corrected chi connectivity index (χ4v) is 2.48. The van der Waals surface area contributed by atoms with E-state index in [0.29, 0.717) is 0 Å². The Hall–Kier alpha value is -1.98. The minimum atomic E-state index is -1.16. The molecule has 102 valence electrons. The second-order valence-corrected chi connectivity index (χ2v) is 4.57.